The third-order valence-electron chi connectivity index (χ3n) is 1.58. The minimum atomic E-state index is 0.135. The Labute approximate surface area is 90.9 Å². The highest BCUT2D eigenvalue weighted by Crippen LogP contribution is 2.19. The van der Waals surface area contributed by atoms with Crippen LogP contribution in [0, 0.1) is 0 Å². The Morgan fingerprint density at radius 3 is 2.73 bits per heavy atom. The number of hydrogen-bond acceptors (Lipinski definition) is 5. The summed E-state index contributed by atoms with van der Waals surface area (Å²) in [6.45, 7) is 0. The third-order valence-corrected chi connectivity index (χ3v) is 1.76. The molecule has 5 nitrogen and oxygen atoms in total. The predicted octanol–water partition coefficient (Wildman–Crippen LogP) is 1.90. The lowest BCUT2D eigenvalue weighted by molar-refractivity contribution is 0.459. The number of pyridine rings is 1. The SMILES string of the molecule is Nc1ccc(Oc2ccnc(Cl)n2)cn1. The average molecular weight is 223 g/mol. The van der Waals surface area contributed by atoms with Crippen molar-refractivity contribution in [2.45, 2.75) is 0 Å². The molecule has 0 aliphatic rings. The van der Waals surface area contributed by atoms with E-state index in [-0.39, 0.29) is 5.28 Å². The quantitative estimate of drug-likeness (QED) is 0.786. The molecule has 0 spiro atoms. The van der Waals surface area contributed by atoms with Gasteiger partial charge in [-0.25, -0.2) is 9.97 Å². The van der Waals surface area contributed by atoms with E-state index in [2.05, 4.69) is 15.0 Å². The van der Waals surface area contributed by atoms with Crippen LogP contribution in [0.5, 0.6) is 11.6 Å². The van der Waals surface area contributed by atoms with Gasteiger partial charge in [0.15, 0.2) is 0 Å². The summed E-state index contributed by atoms with van der Waals surface area (Å²) >= 11 is 5.60. The molecule has 0 aliphatic heterocycles. The van der Waals surface area contributed by atoms with Gasteiger partial charge in [0.25, 0.3) is 0 Å². The molecular weight excluding hydrogens is 216 g/mol. The highest BCUT2D eigenvalue weighted by Gasteiger charge is 2.00. The van der Waals surface area contributed by atoms with E-state index >= 15 is 0 Å². The zero-order chi connectivity index (χ0) is 10.7. The maximum atomic E-state index is 5.60. The summed E-state index contributed by atoms with van der Waals surface area (Å²) in [5.41, 5.74) is 5.43. The van der Waals surface area contributed by atoms with Gasteiger partial charge >= 0.3 is 0 Å². The van der Waals surface area contributed by atoms with Crippen molar-refractivity contribution in [3.8, 4) is 11.6 Å². The number of ether oxygens (including phenoxy) is 1. The molecule has 0 fully saturated rings. The van der Waals surface area contributed by atoms with Gasteiger partial charge in [-0.3, -0.25) is 0 Å². The zero-order valence-corrected chi connectivity index (χ0v) is 8.35. The minimum Gasteiger partial charge on any atom is -0.437 e. The fraction of sp³-hybridized carbons (Fsp3) is 0. The second-order valence-electron chi connectivity index (χ2n) is 2.68. The first-order valence-corrected chi connectivity index (χ1v) is 4.50. The lowest BCUT2D eigenvalue weighted by Gasteiger charge is -2.03. The van der Waals surface area contributed by atoms with E-state index in [0.29, 0.717) is 17.4 Å². The molecule has 6 heteroatoms. The van der Waals surface area contributed by atoms with Gasteiger partial charge in [0.2, 0.25) is 11.2 Å². The molecule has 2 aromatic heterocycles. The van der Waals surface area contributed by atoms with Crippen molar-refractivity contribution < 1.29 is 4.74 Å². The van der Waals surface area contributed by atoms with E-state index in [4.69, 9.17) is 22.1 Å². The number of rotatable bonds is 2. The Balaban J connectivity index is 2.18. The van der Waals surface area contributed by atoms with Crippen LogP contribution in [0.15, 0.2) is 30.6 Å². The summed E-state index contributed by atoms with van der Waals surface area (Å²) in [6, 6.07) is 4.93. The fourth-order valence-electron chi connectivity index (χ4n) is 0.949. The molecule has 2 heterocycles. The summed E-state index contributed by atoms with van der Waals surface area (Å²) in [5.74, 6) is 1.34. The Morgan fingerprint density at radius 2 is 2.07 bits per heavy atom. The molecule has 2 N–H and O–H groups in total. The molecule has 0 amide bonds. The number of nitrogen functional groups attached to an aromatic ring is 1. The van der Waals surface area contributed by atoms with E-state index < -0.39 is 0 Å². The molecule has 2 rings (SSSR count). The first-order valence-electron chi connectivity index (χ1n) is 4.12. The monoisotopic (exact) mass is 222 g/mol. The molecule has 0 aromatic carbocycles. The van der Waals surface area contributed by atoms with E-state index in [1.54, 1.807) is 18.2 Å². The van der Waals surface area contributed by atoms with Crippen LogP contribution < -0.4 is 10.5 Å². The minimum absolute atomic E-state index is 0.135. The Morgan fingerprint density at radius 1 is 1.20 bits per heavy atom. The van der Waals surface area contributed by atoms with Crippen molar-refractivity contribution in [2.75, 3.05) is 5.73 Å². The van der Waals surface area contributed by atoms with Crippen molar-refractivity contribution >= 4 is 17.4 Å². The van der Waals surface area contributed by atoms with Crippen LogP contribution in [0.25, 0.3) is 0 Å². The van der Waals surface area contributed by atoms with Crippen LogP contribution in [0.3, 0.4) is 0 Å². The first kappa shape index (κ1) is 9.67. The second-order valence-corrected chi connectivity index (χ2v) is 3.02. The van der Waals surface area contributed by atoms with Crippen molar-refractivity contribution in [3.05, 3.63) is 35.9 Å². The Bertz CT molecular complexity index is 460. The van der Waals surface area contributed by atoms with Crippen LogP contribution in [0.1, 0.15) is 0 Å². The highest BCUT2D eigenvalue weighted by molar-refractivity contribution is 6.28. The maximum absolute atomic E-state index is 5.60. The standard InChI is InChI=1S/C9H7ClN4O/c10-9-12-4-3-8(14-9)15-6-1-2-7(11)13-5-6/h1-5H,(H2,11,13). The van der Waals surface area contributed by atoms with Crippen LogP contribution in [0.2, 0.25) is 5.28 Å². The molecule has 15 heavy (non-hydrogen) atoms. The predicted molar refractivity (Wildman–Crippen MR) is 55.8 cm³/mol. The maximum Gasteiger partial charge on any atom is 0.225 e. The lowest BCUT2D eigenvalue weighted by atomic mass is 10.4. The number of halogens is 1. The summed E-state index contributed by atoms with van der Waals surface area (Å²) in [6.07, 6.45) is 3.01. The molecule has 0 bridgehead atoms. The normalized spacial score (nSPS) is 9.93. The summed E-state index contributed by atoms with van der Waals surface area (Å²) in [7, 11) is 0. The molecule has 0 saturated heterocycles. The number of nitrogens with two attached hydrogens (primary N) is 1. The topological polar surface area (TPSA) is 73.9 Å². The fourth-order valence-corrected chi connectivity index (χ4v) is 1.09. The van der Waals surface area contributed by atoms with Crippen molar-refractivity contribution in [1.82, 2.24) is 15.0 Å². The average Bonchev–Trinajstić information content (AvgIpc) is 2.22. The second kappa shape index (κ2) is 4.10. The number of hydrogen-bond donors (Lipinski definition) is 1. The lowest BCUT2D eigenvalue weighted by Crippen LogP contribution is -1.92. The zero-order valence-electron chi connectivity index (χ0n) is 7.59. The van der Waals surface area contributed by atoms with Crippen molar-refractivity contribution in [3.63, 3.8) is 0 Å². The molecule has 0 aliphatic carbocycles. The van der Waals surface area contributed by atoms with Gasteiger partial charge in [-0.1, -0.05) is 0 Å². The van der Waals surface area contributed by atoms with Gasteiger partial charge in [-0.15, -0.1) is 0 Å². The molecule has 0 saturated carbocycles. The van der Waals surface area contributed by atoms with Gasteiger partial charge in [0.05, 0.1) is 6.20 Å². The number of anilines is 1. The first-order chi connectivity index (χ1) is 7.24. The third kappa shape index (κ3) is 2.54. The van der Waals surface area contributed by atoms with Gasteiger partial charge in [0, 0.05) is 12.3 Å². The molecular formula is C9H7ClN4O. The van der Waals surface area contributed by atoms with Crippen molar-refractivity contribution in [2.24, 2.45) is 0 Å². The van der Waals surface area contributed by atoms with Crippen LogP contribution in [-0.4, -0.2) is 15.0 Å². The molecule has 0 unspecified atom stereocenters. The Hall–Kier alpha value is -1.88. The molecule has 76 valence electrons. The largest absolute Gasteiger partial charge is 0.437 e. The summed E-state index contributed by atoms with van der Waals surface area (Å²) in [4.78, 5) is 11.5. The summed E-state index contributed by atoms with van der Waals surface area (Å²) in [5, 5.41) is 0.135. The number of aromatic nitrogens is 3. The van der Waals surface area contributed by atoms with Gasteiger partial charge in [-0.2, -0.15) is 4.98 Å². The van der Waals surface area contributed by atoms with Crippen molar-refractivity contribution in [1.29, 1.82) is 0 Å². The molecule has 0 radical (unpaired) electrons. The molecule has 0 atom stereocenters. The smallest absolute Gasteiger partial charge is 0.225 e. The summed E-state index contributed by atoms with van der Waals surface area (Å²) < 4.78 is 5.36. The van der Waals surface area contributed by atoms with Crippen LogP contribution in [-0.2, 0) is 0 Å². The van der Waals surface area contributed by atoms with Crippen LogP contribution >= 0.6 is 11.6 Å². The highest BCUT2D eigenvalue weighted by atomic mass is 35.5. The Kier molecular flexibility index (Phi) is 2.64. The van der Waals surface area contributed by atoms with E-state index in [1.807, 2.05) is 0 Å². The van der Waals surface area contributed by atoms with E-state index in [1.165, 1.54) is 12.4 Å². The van der Waals surface area contributed by atoms with Gasteiger partial charge < -0.3 is 10.5 Å². The molecule has 2 aromatic rings. The number of nitrogens with zero attached hydrogens (tertiary/aromatic N) is 3. The van der Waals surface area contributed by atoms with Crippen LogP contribution in [0.4, 0.5) is 5.82 Å². The van der Waals surface area contributed by atoms with E-state index in [0.717, 1.165) is 0 Å². The van der Waals surface area contributed by atoms with Gasteiger partial charge in [-0.05, 0) is 23.7 Å². The van der Waals surface area contributed by atoms with Gasteiger partial charge in [0.1, 0.15) is 11.6 Å². The van der Waals surface area contributed by atoms with E-state index in [9.17, 15) is 0 Å².